The number of benzene rings is 1. The molecule has 0 unspecified atom stereocenters. The highest BCUT2D eigenvalue weighted by Crippen LogP contribution is 2.34. The standard InChI is InChI=1S/C10H12ClNO2/c1-3-14-10-7(6(2)13)4-5-8(12)9(10)11/h4-5H,3,12H2,1-2H3. The number of carbonyl (C=O) groups is 1. The van der Waals surface area contributed by atoms with Crippen LogP contribution in [-0.4, -0.2) is 12.4 Å². The molecule has 0 saturated heterocycles. The van der Waals surface area contributed by atoms with Gasteiger partial charge < -0.3 is 10.5 Å². The van der Waals surface area contributed by atoms with Crippen LogP contribution in [0.5, 0.6) is 5.75 Å². The predicted molar refractivity (Wildman–Crippen MR) is 57.0 cm³/mol. The monoisotopic (exact) mass is 213 g/mol. The zero-order valence-corrected chi connectivity index (χ0v) is 8.89. The maximum absolute atomic E-state index is 11.2. The second-order valence-electron chi connectivity index (χ2n) is 2.83. The Morgan fingerprint density at radius 2 is 2.21 bits per heavy atom. The number of nitrogen functional groups attached to an aromatic ring is 1. The van der Waals surface area contributed by atoms with Crippen LogP contribution in [-0.2, 0) is 0 Å². The zero-order chi connectivity index (χ0) is 10.7. The third-order valence-corrected chi connectivity index (χ3v) is 2.18. The molecule has 0 aliphatic carbocycles. The average molecular weight is 214 g/mol. The van der Waals surface area contributed by atoms with Gasteiger partial charge in [-0.2, -0.15) is 0 Å². The van der Waals surface area contributed by atoms with E-state index >= 15 is 0 Å². The lowest BCUT2D eigenvalue weighted by atomic mass is 10.1. The first-order chi connectivity index (χ1) is 6.57. The predicted octanol–water partition coefficient (Wildman–Crippen LogP) is 2.52. The third-order valence-electron chi connectivity index (χ3n) is 1.79. The lowest BCUT2D eigenvalue weighted by Gasteiger charge is -2.11. The maximum Gasteiger partial charge on any atom is 0.163 e. The largest absolute Gasteiger partial charge is 0.491 e. The van der Waals surface area contributed by atoms with Gasteiger partial charge in [0.1, 0.15) is 5.02 Å². The van der Waals surface area contributed by atoms with Crippen LogP contribution in [0.2, 0.25) is 5.02 Å². The van der Waals surface area contributed by atoms with Crippen LogP contribution in [0.15, 0.2) is 12.1 Å². The van der Waals surface area contributed by atoms with Gasteiger partial charge in [-0.1, -0.05) is 11.6 Å². The van der Waals surface area contributed by atoms with Crippen molar-refractivity contribution in [3.8, 4) is 5.75 Å². The summed E-state index contributed by atoms with van der Waals surface area (Å²) in [7, 11) is 0. The number of hydrogen-bond donors (Lipinski definition) is 1. The lowest BCUT2D eigenvalue weighted by Crippen LogP contribution is -2.03. The highest BCUT2D eigenvalue weighted by molar-refractivity contribution is 6.35. The van der Waals surface area contributed by atoms with Crippen LogP contribution >= 0.6 is 11.6 Å². The topological polar surface area (TPSA) is 52.3 Å². The van der Waals surface area contributed by atoms with Crippen molar-refractivity contribution >= 4 is 23.1 Å². The smallest absolute Gasteiger partial charge is 0.163 e. The highest BCUT2D eigenvalue weighted by atomic mass is 35.5. The van der Waals surface area contributed by atoms with Crippen LogP contribution < -0.4 is 10.5 Å². The Hall–Kier alpha value is -1.22. The number of hydrogen-bond acceptors (Lipinski definition) is 3. The summed E-state index contributed by atoms with van der Waals surface area (Å²) < 4.78 is 5.28. The molecule has 14 heavy (non-hydrogen) atoms. The Morgan fingerprint density at radius 1 is 1.57 bits per heavy atom. The average Bonchev–Trinajstić information content (AvgIpc) is 2.13. The first kappa shape index (κ1) is 10.9. The fourth-order valence-electron chi connectivity index (χ4n) is 1.13. The number of ether oxygens (including phenoxy) is 1. The second-order valence-corrected chi connectivity index (χ2v) is 3.21. The zero-order valence-electron chi connectivity index (χ0n) is 8.13. The van der Waals surface area contributed by atoms with Gasteiger partial charge in [0.05, 0.1) is 17.9 Å². The fourth-order valence-corrected chi connectivity index (χ4v) is 1.35. The molecule has 0 heterocycles. The minimum Gasteiger partial charge on any atom is -0.491 e. The summed E-state index contributed by atoms with van der Waals surface area (Å²) in [4.78, 5) is 11.2. The van der Waals surface area contributed by atoms with E-state index < -0.39 is 0 Å². The minimum atomic E-state index is -0.0876. The van der Waals surface area contributed by atoms with Gasteiger partial charge in [-0.15, -0.1) is 0 Å². The highest BCUT2D eigenvalue weighted by Gasteiger charge is 2.14. The van der Waals surface area contributed by atoms with Gasteiger partial charge in [0, 0.05) is 0 Å². The third kappa shape index (κ3) is 1.99. The molecular formula is C10H12ClNO2. The van der Waals surface area contributed by atoms with E-state index in [0.717, 1.165) is 0 Å². The quantitative estimate of drug-likeness (QED) is 0.620. The number of halogens is 1. The molecular weight excluding hydrogens is 202 g/mol. The van der Waals surface area contributed by atoms with Crippen molar-refractivity contribution in [2.24, 2.45) is 0 Å². The molecule has 2 N–H and O–H groups in total. The van der Waals surface area contributed by atoms with Crippen LogP contribution in [0.25, 0.3) is 0 Å². The van der Waals surface area contributed by atoms with Crippen LogP contribution in [0.1, 0.15) is 24.2 Å². The number of ketones is 1. The molecule has 0 aromatic heterocycles. The van der Waals surface area contributed by atoms with E-state index in [2.05, 4.69) is 0 Å². The summed E-state index contributed by atoms with van der Waals surface area (Å²) in [6.45, 7) is 3.73. The molecule has 1 aromatic rings. The van der Waals surface area contributed by atoms with Crippen molar-refractivity contribution in [2.45, 2.75) is 13.8 Å². The van der Waals surface area contributed by atoms with Crippen LogP contribution in [0.4, 0.5) is 5.69 Å². The normalized spacial score (nSPS) is 9.93. The molecule has 3 nitrogen and oxygen atoms in total. The summed E-state index contributed by atoms with van der Waals surface area (Å²) in [5, 5.41) is 0.305. The van der Waals surface area contributed by atoms with Gasteiger partial charge in [-0.25, -0.2) is 0 Å². The summed E-state index contributed by atoms with van der Waals surface area (Å²) in [5.41, 5.74) is 6.48. The number of carbonyl (C=O) groups excluding carboxylic acids is 1. The molecule has 4 heteroatoms. The molecule has 0 bridgehead atoms. The van der Waals surface area contributed by atoms with Crippen molar-refractivity contribution in [2.75, 3.05) is 12.3 Å². The maximum atomic E-state index is 11.2. The number of nitrogens with two attached hydrogens (primary N) is 1. The molecule has 0 aliphatic heterocycles. The summed E-state index contributed by atoms with van der Waals surface area (Å²) in [6, 6.07) is 3.22. The van der Waals surface area contributed by atoms with Gasteiger partial charge in [0.15, 0.2) is 11.5 Å². The van der Waals surface area contributed by atoms with E-state index in [1.54, 1.807) is 12.1 Å². The Morgan fingerprint density at radius 3 is 2.71 bits per heavy atom. The van der Waals surface area contributed by atoms with E-state index in [1.165, 1.54) is 6.92 Å². The van der Waals surface area contributed by atoms with Crippen molar-refractivity contribution in [1.29, 1.82) is 0 Å². The Bertz CT molecular complexity index is 363. The second kappa shape index (κ2) is 4.33. The molecule has 0 amide bonds. The van der Waals surface area contributed by atoms with E-state index in [4.69, 9.17) is 22.1 Å². The van der Waals surface area contributed by atoms with Crippen LogP contribution in [0.3, 0.4) is 0 Å². The molecule has 1 rings (SSSR count). The molecule has 0 saturated carbocycles. The summed E-state index contributed by atoms with van der Waals surface area (Å²) in [5.74, 6) is 0.289. The van der Waals surface area contributed by atoms with Crippen molar-refractivity contribution in [1.82, 2.24) is 0 Å². The van der Waals surface area contributed by atoms with Gasteiger partial charge in [0.2, 0.25) is 0 Å². The number of rotatable bonds is 3. The molecule has 0 spiro atoms. The first-order valence-electron chi connectivity index (χ1n) is 4.29. The molecule has 0 atom stereocenters. The molecule has 1 aromatic carbocycles. The van der Waals surface area contributed by atoms with Gasteiger partial charge in [-0.05, 0) is 26.0 Å². The first-order valence-corrected chi connectivity index (χ1v) is 4.67. The molecule has 0 fully saturated rings. The minimum absolute atomic E-state index is 0.0876. The van der Waals surface area contributed by atoms with E-state index in [9.17, 15) is 4.79 Å². The Kier molecular flexibility index (Phi) is 3.36. The SMILES string of the molecule is CCOc1c(C(C)=O)ccc(N)c1Cl. The Balaban J connectivity index is 3.29. The lowest BCUT2D eigenvalue weighted by molar-refractivity contribution is 0.101. The summed E-state index contributed by atoms with van der Waals surface area (Å²) in [6.07, 6.45) is 0. The fraction of sp³-hybridized carbons (Fsp3) is 0.300. The van der Waals surface area contributed by atoms with Crippen LogP contribution in [0, 0.1) is 0 Å². The van der Waals surface area contributed by atoms with Gasteiger partial charge in [-0.3, -0.25) is 4.79 Å². The van der Waals surface area contributed by atoms with E-state index in [1.807, 2.05) is 6.92 Å². The molecule has 0 radical (unpaired) electrons. The molecule has 0 aliphatic rings. The number of Topliss-reactive ketones (excluding diaryl/α,β-unsaturated/α-hetero) is 1. The number of anilines is 1. The summed E-state index contributed by atoms with van der Waals surface area (Å²) >= 11 is 5.92. The molecule has 76 valence electrons. The van der Waals surface area contributed by atoms with E-state index in [-0.39, 0.29) is 5.78 Å². The van der Waals surface area contributed by atoms with E-state index in [0.29, 0.717) is 28.6 Å². The van der Waals surface area contributed by atoms with Crippen molar-refractivity contribution in [3.63, 3.8) is 0 Å². The van der Waals surface area contributed by atoms with Gasteiger partial charge in [0.25, 0.3) is 0 Å². The van der Waals surface area contributed by atoms with Crippen molar-refractivity contribution < 1.29 is 9.53 Å². The van der Waals surface area contributed by atoms with Gasteiger partial charge >= 0.3 is 0 Å². The van der Waals surface area contributed by atoms with Crippen molar-refractivity contribution in [3.05, 3.63) is 22.7 Å². The Labute approximate surface area is 87.8 Å².